The van der Waals surface area contributed by atoms with E-state index < -0.39 is 5.97 Å². The highest BCUT2D eigenvalue weighted by atomic mass is 32.1. The molecule has 94 valence electrons. The van der Waals surface area contributed by atoms with Crippen molar-refractivity contribution >= 4 is 22.3 Å². The second kappa shape index (κ2) is 5.04. The summed E-state index contributed by atoms with van der Waals surface area (Å²) in [7, 11) is 0. The molecule has 0 radical (unpaired) electrons. The minimum atomic E-state index is -0.956. The van der Waals surface area contributed by atoms with E-state index in [0.717, 1.165) is 6.54 Å². The van der Waals surface area contributed by atoms with Crippen LogP contribution in [0.4, 0.5) is 5.00 Å². The third kappa shape index (κ3) is 2.97. The van der Waals surface area contributed by atoms with E-state index in [2.05, 4.69) is 17.2 Å². The van der Waals surface area contributed by atoms with Gasteiger partial charge in [0.15, 0.2) is 5.69 Å². The predicted molar refractivity (Wildman–Crippen MR) is 68.8 cm³/mol. The first kappa shape index (κ1) is 12.4. The molecular formula is C12H18N2O2S. The van der Waals surface area contributed by atoms with Crippen molar-refractivity contribution in [3.63, 3.8) is 0 Å². The summed E-state index contributed by atoms with van der Waals surface area (Å²) in [6, 6.07) is 0. The number of thiazole rings is 1. The molecule has 0 spiro atoms. The molecule has 2 N–H and O–H groups in total. The van der Waals surface area contributed by atoms with E-state index in [1.165, 1.54) is 43.4 Å². The van der Waals surface area contributed by atoms with Crippen molar-refractivity contribution < 1.29 is 9.90 Å². The fourth-order valence-corrected chi connectivity index (χ4v) is 3.07. The number of carboxylic acid groups (broad SMARTS) is 1. The molecule has 5 heteroatoms. The normalized spacial score (nSPS) is 18.9. The summed E-state index contributed by atoms with van der Waals surface area (Å²) < 4.78 is 0. The second-order valence-electron chi connectivity index (χ2n) is 5.06. The number of hydrogen-bond donors (Lipinski definition) is 2. The number of hydrogen-bond acceptors (Lipinski definition) is 4. The van der Waals surface area contributed by atoms with E-state index in [1.807, 2.05) is 0 Å². The highest BCUT2D eigenvalue weighted by Gasteiger charge is 2.27. The molecule has 2 rings (SSSR count). The standard InChI is InChI=1S/C12H18N2O2S/c1-12(5-3-2-4-6-12)7-13-10-9(11(15)16)14-8-17-10/h8,13H,2-7H2,1H3,(H,15,16). The molecule has 0 bridgehead atoms. The summed E-state index contributed by atoms with van der Waals surface area (Å²) in [5, 5.41) is 12.9. The Morgan fingerprint density at radius 1 is 1.53 bits per heavy atom. The maximum atomic E-state index is 10.9. The van der Waals surface area contributed by atoms with Gasteiger partial charge in [-0.3, -0.25) is 0 Å². The van der Waals surface area contributed by atoms with Gasteiger partial charge >= 0.3 is 5.97 Å². The molecule has 1 fully saturated rings. The molecule has 1 aromatic heterocycles. The van der Waals surface area contributed by atoms with Gasteiger partial charge in [0.05, 0.1) is 5.51 Å². The van der Waals surface area contributed by atoms with Gasteiger partial charge in [-0.05, 0) is 18.3 Å². The Kier molecular flexibility index (Phi) is 3.66. The number of rotatable bonds is 4. The van der Waals surface area contributed by atoms with E-state index in [0.29, 0.717) is 10.4 Å². The van der Waals surface area contributed by atoms with Gasteiger partial charge in [-0.2, -0.15) is 0 Å². The number of carboxylic acids is 1. The van der Waals surface area contributed by atoms with Crippen molar-refractivity contribution in [2.75, 3.05) is 11.9 Å². The Balaban J connectivity index is 1.97. The zero-order valence-electron chi connectivity index (χ0n) is 10.0. The number of nitrogens with one attached hydrogen (secondary N) is 1. The van der Waals surface area contributed by atoms with Crippen LogP contribution in [-0.2, 0) is 0 Å². The van der Waals surface area contributed by atoms with Crippen LogP contribution in [0.25, 0.3) is 0 Å². The molecule has 0 unspecified atom stereocenters. The molecular weight excluding hydrogens is 236 g/mol. The molecule has 0 amide bonds. The average molecular weight is 254 g/mol. The maximum absolute atomic E-state index is 10.9. The highest BCUT2D eigenvalue weighted by Crippen LogP contribution is 2.36. The van der Waals surface area contributed by atoms with Gasteiger partial charge in [0.2, 0.25) is 0 Å². The zero-order valence-corrected chi connectivity index (χ0v) is 10.8. The van der Waals surface area contributed by atoms with Gasteiger partial charge in [0.25, 0.3) is 0 Å². The molecule has 0 atom stereocenters. The molecule has 1 aromatic rings. The lowest BCUT2D eigenvalue weighted by Crippen LogP contribution is -2.29. The first-order valence-electron chi connectivity index (χ1n) is 6.01. The average Bonchev–Trinajstić information content (AvgIpc) is 2.76. The summed E-state index contributed by atoms with van der Waals surface area (Å²) in [6.45, 7) is 3.12. The largest absolute Gasteiger partial charge is 0.476 e. The van der Waals surface area contributed by atoms with E-state index in [9.17, 15) is 4.79 Å². The lowest BCUT2D eigenvalue weighted by Gasteiger charge is -2.33. The molecule has 1 aliphatic carbocycles. The number of anilines is 1. The topological polar surface area (TPSA) is 62.2 Å². The van der Waals surface area contributed by atoms with Crippen molar-refractivity contribution in [2.24, 2.45) is 5.41 Å². The van der Waals surface area contributed by atoms with Crippen LogP contribution in [-0.4, -0.2) is 22.6 Å². The van der Waals surface area contributed by atoms with E-state index in [-0.39, 0.29) is 5.69 Å². The third-order valence-electron chi connectivity index (χ3n) is 3.51. The molecule has 0 saturated heterocycles. The third-order valence-corrected chi connectivity index (χ3v) is 4.29. The monoisotopic (exact) mass is 254 g/mol. The van der Waals surface area contributed by atoms with Crippen LogP contribution in [0, 0.1) is 5.41 Å². The van der Waals surface area contributed by atoms with Crippen molar-refractivity contribution in [3.8, 4) is 0 Å². The Bertz CT molecular complexity index is 397. The van der Waals surface area contributed by atoms with Gasteiger partial charge in [-0.25, -0.2) is 9.78 Å². The summed E-state index contributed by atoms with van der Waals surface area (Å²) >= 11 is 1.36. The minimum absolute atomic E-state index is 0.148. The minimum Gasteiger partial charge on any atom is -0.476 e. The number of carbonyl (C=O) groups is 1. The smallest absolute Gasteiger partial charge is 0.357 e. The van der Waals surface area contributed by atoms with Crippen molar-refractivity contribution in [3.05, 3.63) is 11.2 Å². The Morgan fingerprint density at radius 2 is 2.24 bits per heavy atom. The number of nitrogens with zero attached hydrogens (tertiary/aromatic N) is 1. The fraction of sp³-hybridized carbons (Fsp3) is 0.667. The van der Waals surface area contributed by atoms with Gasteiger partial charge in [0, 0.05) is 6.54 Å². The van der Waals surface area contributed by atoms with E-state index >= 15 is 0 Å². The molecule has 4 nitrogen and oxygen atoms in total. The molecule has 1 aliphatic rings. The summed E-state index contributed by atoms with van der Waals surface area (Å²) in [6.07, 6.45) is 6.35. The van der Waals surface area contributed by atoms with Crippen LogP contribution in [0.1, 0.15) is 49.5 Å². The lowest BCUT2D eigenvalue weighted by molar-refractivity contribution is 0.0692. The summed E-state index contributed by atoms with van der Waals surface area (Å²) in [5.74, 6) is -0.956. The first-order valence-corrected chi connectivity index (χ1v) is 6.89. The summed E-state index contributed by atoms with van der Waals surface area (Å²) in [5.41, 5.74) is 2.03. The summed E-state index contributed by atoms with van der Waals surface area (Å²) in [4.78, 5) is 14.8. The van der Waals surface area contributed by atoms with Crippen LogP contribution in [0.2, 0.25) is 0 Å². The maximum Gasteiger partial charge on any atom is 0.357 e. The number of aromatic nitrogens is 1. The van der Waals surface area contributed by atoms with Crippen LogP contribution < -0.4 is 5.32 Å². The van der Waals surface area contributed by atoms with Crippen molar-refractivity contribution in [2.45, 2.75) is 39.0 Å². The Hall–Kier alpha value is -1.10. The first-order chi connectivity index (χ1) is 8.11. The Morgan fingerprint density at radius 3 is 2.88 bits per heavy atom. The van der Waals surface area contributed by atoms with Crippen LogP contribution >= 0.6 is 11.3 Å². The lowest BCUT2D eigenvalue weighted by atomic mass is 9.76. The van der Waals surface area contributed by atoms with E-state index in [1.54, 1.807) is 5.51 Å². The van der Waals surface area contributed by atoms with Gasteiger partial charge in [0.1, 0.15) is 5.00 Å². The molecule has 1 saturated carbocycles. The highest BCUT2D eigenvalue weighted by molar-refractivity contribution is 7.14. The van der Waals surface area contributed by atoms with Gasteiger partial charge < -0.3 is 10.4 Å². The fourth-order valence-electron chi connectivity index (χ4n) is 2.40. The molecule has 17 heavy (non-hydrogen) atoms. The van der Waals surface area contributed by atoms with Crippen molar-refractivity contribution in [1.29, 1.82) is 0 Å². The SMILES string of the molecule is CC1(CNc2scnc2C(=O)O)CCCCC1. The molecule has 0 aliphatic heterocycles. The molecule has 0 aromatic carbocycles. The second-order valence-corrected chi connectivity index (χ2v) is 5.91. The van der Waals surface area contributed by atoms with Crippen LogP contribution in [0.5, 0.6) is 0 Å². The van der Waals surface area contributed by atoms with Crippen LogP contribution in [0.15, 0.2) is 5.51 Å². The Labute approximate surface area is 105 Å². The zero-order chi connectivity index (χ0) is 12.3. The van der Waals surface area contributed by atoms with Crippen LogP contribution in [0.3, 0.4) is 0 Å². The quantitative estimate of drug-likeness (QED) is 0.866. The molecule has 1 heterocycles. The van der Waals surface area contributed by atoms with Crippen molar-refractivity contribution in [1.82, 2.24) is 4.98 Å². The number of aromatic carboxylic acids is 1. The van der Waals surface area contributed by atoms with Gasteiger partial charge in [-0.1, -0.05) is 26.2 Å². The van der Waals surface area contributed by atoms with E-state index in [4.69, 9.17) is 5.11 Å². The van der Waals surface area contributed by atoms with Gasteiger partial charge in [-0.15, -0.1) is 11.3 Å². The predicted octanol–water partition coefficient (Wildman–Crippen LogP) is 3.22.